The molecule has 2 aliphatic rings. The Labute approximate surface area is 115 Å². The van der Waals surface area contributed by atoms with Gasteiger partial charge in [0.05, 0.1) is 0 Å². The van der Waals surface area contributed by atoms with Crippen LogP contribution in [0, 0.1) is 10.8 Å². The fourth-order valence-corrected chi connectivity index (χ4v) is 3.51. The van der Waals surface area contributed by atoms with Gasteiger partial charge in [0.1, 0.15) is 5.82 Å². The number of H-pyrrole nitrogens is 1. The van der Waals surface area contributed by atoms with Crippen molar-refractivity contribution in [3.05, 3.63) is 5.82 Å². The summed E-state index contributed by atoms with van der Waals surface area (Å²) in [5.41, 5.74) is 6.53. The van der Waals surface area contributed by atoms with Crippen molar-refractivity contribution in [1.82, 2.24) is 15.2 Å². The lowest BCUT2D eigenvalue weighted by molar-refractivity contribution is 0.457. The number of hydrogen-bond donors (Lipinski definition) is 2. The van der Waals surface area contributed by atoms with E-state index in [0.29, 0.717) is 22.8 Å². The molecule has 0 unspecified atom stereocenters. The Hall–Kier alpha value is -1.10. The van der Waals surface area contributed by atoms with Gasteiger partial charge in [-0.1, -0.05) is 27.7 Å². The molecule has 1 saturated heterocycles. The first kappa shape index (κ1) is 12.9. The highest BCUT2D eigenvalue weighted by Crippen LogP contribution is 2.72. The van der Waals surface area contributed by atoms with Crippen LogP contribution < -0.4 is 10.6 Å². The van der Waals surface area contributed by atoms with Crippen LogP contribution in [0.2, 0.25) is 0 Å². The van der Waals surface area contributed by atoms with Crippen LogP contribution in [-0.4, -0.2) is 34.3 Å². The van der Waals surface area contributed by atoms with Crippen LogP contribution in [0.1, 0.15) is 52.3 Å². The van der Waals surface area contributed by atoms with Crippen molar-refractivity contribution in [3.8, 4) is 0 Å². The predicted octanol–water partition coefficient (Wildman–Crippen LogP) is 1.88. The maximum Gasteiger partial charge on any atom is 0.244 e. The molecule has 1 aromatic rings. The Morgan fingerprint density at radius 1 is 1.16 bits per heavy atom. The first-order chi connectivity index (χ1) is 8.84. The molecule has 0 aromatic carbocycles. The van der Waals surface area contributed by atoms with E-state index in [1.807, 2.05) is 0 Å². The zero-order valence-corrected chi connectivity index (χ0v) is 12.4. The summed E-state index contributed by atoms with van der Waals surface area (Å²) < 4.78 is 0. The standard InChI is InChI=1S/C14H25N5/c1-13(2)10(14(13,3)4)11-16-12(18-17-11)19-7-5-9(15)6-8-19/h9-10H,5-8,15H2,1-4H3,(H,16,17,18). The molecule has 0 radical (unpaired) electrons. The number of nitrogens with two attached hydrogens (primary N) is 1. The lowest BCUT2D eigenvalue weighted by Gasteiger charge is -2.28. The van der Waals surface area contributed by atoms with Gasteiger partial charge in [0.25, 0.3) is 0 Å². The zero-order valence-electron chi connectivity index (χ0n) is 12.4. The Balaban J connectivity index is 1.75. The van der Waals surface area contributed by atoms with E-state index in [2.05, 4.69) is 42.8 Å². The van der Waals surface area contributed by atoms with Crippen molar-refractivity contribution in [3.63, 3.8) is 0 Å². The topological polar surface area (TPSA) is 70.8 Å². The molecule has 0 amide bonds. The number of piperidine rings is 1. The summed E-state index contributed by atoms with van der Waals surface area (Å²) >= 11 is 0. The molecule has 106 valence electrons. The molecule has 3 N–H and O–H groups in total. The molecule has 1 aliphatic heterocycles. The van der Waals surface area contributed by atoms with Crippen molar-refractivity contribution >= 4 is 5.95 Å². The number of nitrogens with one attached hydrogen (secondary N) is 1. The van der Waals surface area contributed by atoms with Gasteiger partial charge < -0.3 is 10.6 Å². The van der Waals surface area contributed by atoms with Crippen LogP contribution in [0.25, 0.3) is 0 Å². The van der Waals surface area contributed by atoms with Crippen molar-refractivity contribution in [2.75, 3.05) is 18.0 Å². The molecule has 2 heterocycles. The van der Waals surface area contributed by atoms with Gasteiger partial charge in [0.15, 0.2) is 0 Å². The lowest BCUT2D eigenvalue weighted by atomic mass is 10.0. The molecule has 0 atom stereocenters. The molecule has 1 aliphatic carbocycles. The van der Waals surface area contributed by atoms with Crippen LogP contribution in [-0.2, 0) is 0 Å². The van der Waals surface area contributed by atoms with Gasteiger partial charge in [-0.2, -0.15) is 4.98 Å². The Bertz CT molecular complexity index is 454. The van der Waals surface area contributed by atoms with Crippen LogP contribution in [0.4, 0.5) is 5.95 Å². The van der Waals surface area contributed by atoms with E-state index < -0.39 is 0 Å². The molecule has 19 heavy (non-hydrogen) atoms. The van der Waals surface area contributed by atoms with Crippen molar-refractivity contribution in [1.29, 1.82) is 0 Å². The van der Waals surface area contributed by atoms with Crippen molar-refractivity contribution in [2.45, 2.75) is 52.5 Å². The minimum atomic E-state index is 0.300. The Morgan fingerprint density at radius 2 is 1.74 bits per heavy atom. The Morgan fingerprint density at radius 3 is 2.26 bits per heavy atom. The second kappa shape index (κ2) is 3.95. The highest BCUT2D eigenvalue weighted by Gasteiger charge is 2.66. The van der Waals surface area contributed by atoms with E-state index in [1.165, 1.54) is 0 Å². The highest BCUT2D eigenvalue weighted by atomic mass is 15.4. The zero-order chi connectivity index (χ0) is 13.8. The van der Waals surface area contributed by atoms with Gasteiger partial charge in [0, 0.05) is 25.0 Å². The molecule has 0 bridgehead atoms. The number of hydrogen-bond acceptors (Lipinski definition) is 4. The molecule has 5 heteroatoms. The second-order valence-electron chi connectivity index (χ2n) is 7.22. The fourth-order valence-electron chi connectivity index (χ4n) is 3.51. The summed E-state index contributed by atoms with van der Waals surface area (Å²) in [5.74, 6) is 2.37. The first-order valence-corrected chi connectivity index (χ1v) is 7.27. The molecule has 3 rings (SSSR count). The number of nitrogens with zero attached hydrogens (tertiary/aromatic N) is 3. The van der Waals surface area contributed by atoms with E-state index in [4.69, 9.17) is 10.7 Å². The summed E-state index contributed by atoms with van der Waals surface area (Å²) in [6.45, 7) is 11.2. The SMILES string of the molecule is CC1(C)C(c2nc(N3CCC(N)CC3)n[nH]2)C1(C)C. The highest BCUT2D eigenvalue weighted by molar-refractivity contribution is 5.34. The maximum absolute atomic E-state index is 5.93. The van der Waals surface area contributed by atoms with E-state index in [1.54, 1.807) is 0 Å². The number of aromatic nitrogens is 3. The molecular formula is C14H25N5. The average Bonchev–Trinajstić information content (AvgIpc) is 2.71. The van der Waals surface area contributed by atoms with E-state index in [9.17, 15) is 0 Å². The Kier molecular flexibility index (Phi) is 2.68. The summed E-state index contributed by atoms with van der Waals surface area (Å²) in [4.78, 5) is 6.97. The maximum atomic E-state index is 5.93. The third-order valence-corrected chi connectivity index (χ3v) is 5.61. The number of anilines is 1. The largest absolute Gasteiger partial charge is 0.339 e. The smallest absolute Gasteiger partial charge is 0.244 e. The van der Waals surface area contributed by atoms with Gasteiger partial charge in [-0.3, -0.25) is 5.10 Å². The lowest BCUT2D eigenvalue weighted by Crippen LogP contribution is -2.40. The first-order valence-electron chi connectivity index (χ1n) is 7.27. The fraction of sp³-hybridized carbons (Fsp3) is 0.857. The molecule has 0 spiro atoms. The van der Waals surface area contributed by atoms with Gasteiger partial charge in [-0.15, -0.1) is 5.10 Å². The number of rotatable bonds is 2. The van der Waals surface area contributed by atoms with Crippen molar-refractivity contribution < 1.29 is 0 Å². The van der Waals surface area contributed by atoms with Gasteiger partial charge in [-0.25, -0.2) is 0 Å². The van der Waals surface area contributed by atoms with Crippen molar-refractivity contribution in [2.24, 2.45) is 16.6 Å². The molecule has 2 fully saturated rings. The molecule has 5 nitrogen and oxygen atoms in total. The summed E-state index contributed by atoms with van der Waals surface area (Å²) in [6, 6.07) is 0.343. The molecule has 1 saturated carbocycles. The van der Waals surface area contributed by atoms with Crippen LogP contribution in [0.15, 0.2) is 0 Å². The summed E-state index contributed by atoms with van der Waals surface area (Å²) in [7, 11) is 0. The van der Waals surface area contributed by atoms with Crippen LogP contribution in [0.5, 0.6) is 0 Å². The summed E-state index contributed by atoms with van der Waals surface area (Å²) in [6.07, 6.45) is 2.06. The molecular weight excluding hydrogens is 238 g/mol. The third-order valence-electron chi connectivity index (χ3n) is 5.61. The summed E-state index contributed by atoms with van der Waals surface area (Å²) in [5, 5.41) is 7.56. The van der Waals surface area contributed by atoms with Crippen LogP contribution in [0.3, 0.4) is 0 Å². The monoisotopic (exact) mass is 263 g/mol. The van der Waals surface area contributed by atoms with E-state index in [0.717, 1.165) is 37.7 Å². The minimum absolute atomic E-state index is 0.300. The van der Waals surface area contributed by atoms with Gasteiger partial charge >= 0.3 is 0 Å². The number of aromatic amines is 1. The normalized spacial score (nSPS) is 26.7. The van der Waals surface area contributed by atoms with E-state index >= 15 is 0 Å². The van der Waals surface area contributed by atoms with Gasteiger partial charge in [0.2, 0.25) is 5.95 Å². The quantitative estimate of drug-likeness (QED) is 0.854. The van der Waals surface area contributed by atoms with Crippen LogP contribution >= 0.6 is 0 Å². The average molecular weight is 263 g/mol. The predicted molar refractivity (Wildman–Crippen MR) is 76.1 cm³/mol. The van der Waals surface area contributed by atoms with Gasteiger partial charge in [-0.05, 0) is 23.7 Å². The molecule has 1 aromatic heterocycles. The minimum Gasteiger partial charge on any atom is -0.339 e. The second-order valence-corrected chi connectivity index (χ2v) is 7.22. The third kappa shape index (κ3) is 1.86. The van der Waals surface area contributed by atoms with E-state index in [-0.39, 0.29) is 0 Å².